The predicted molar refractivity (Wildman–Crippen MR) is 112 cm³/mol. The molecule has 1 heterocycles. The fourth-order valence-electron chi connectivity index (χ4n) is 3.76. The lowest BCUT2D eigenvalue weighted by molar-refractivity contribution is -0.122. The van der Waals surface area contributed by atoms with Crippen molar-refractivity contribution in [2.24, 2.45) is 0 Å². The molecule has 0 aromatic heterocycles. The number of ether oxygens (including phenoxy) is 1. The molecule has 1 unspecified atom stereocenters. The molecule has 28 heavy (non-hydrogen) atoms. The molecule has 2 N–H and O–H groups in total. The molecular formula is C22H35N3O3. The van der Waals surface area contributed by atoms with Gasteiger partial charge in [-0.2, -0.15) is 0 Å². The number of hydrogen-bond acceptors (Lipinski definition) is 4. The molecule has 1 aromatic carbocycles. The molecule has 156 valence electrons. The number of carbonyl (C=O) groups is 2. The molecule has 0 aliphatic carbocycles. The van der Waals surface area contributed by atoms with Crippen LogP contribution in [0.1, 0.15) is 49.4 Å². The number of hydrogen-bond donors (Lipinski definition) is 2. The topological polar surface area (TPSA) is 70.7 Å². The summed E-state index contributed by atoms with van der Waals surface area (Å²) < 4.78 is 5.29. The second-order valence-electron chi connectivity index (χ2n) is 8.84. The lowest BCUT2D eigenvalue weighted by Gasteiger charge is -2.22. The maximum absolute atomic E-state index is 12.3. The van der Waals surface area contributed by atoms with Crippen molar-refractivity contribution in [1.29, 1.82) is 0 Å². The molecule has 1 aliphatic heterocycles. The highest BCUT2D eigenvalue weighted by Crippen LogP contribution is 2.16. The number of likely N-dealkylation sites (tertiary alicyclic amines) is 1. The van der Waals surface area contributed by atoms with Crippen molar-refractivity contribution in [2.75, 3.05) is 26.2 Å². The first-order valence-electron chi connectivity index (χ1n) is 10.1. The van der Waals surface area contributed by atoms with E-state index in [2.05, 4.69) is 48.4 Å². The van der Waals surface area contributed by atoms with Gasteiger partial charge in [0, 0.05) is 25.7 Å². The van der Waals surface area contributed by atoms with Crippen LogP contribution in [0.3, 0.4) is 0 Å². The van der Waals surface area contributed by atoms with Crippen molar-refractivity contribution in [2.45, 2.75) is 66.0 Å². The third-order valence-corrected chi connectivity index (χ3v) is 4.90. The molecule has 0 radical (unpaired) electrons. The highest BCUT2D eigenvalue weighted by Gasteiger charge is 2.27. The number of benzene rings is 1. The maximum atomic E-state index is 12.3. The van der Waals surface area contributed by atoms with E-state index in [1.807, 2.05) is 20.8 Å². The summed E-state index contributed by atoms with van der Waals surface area (Å²) in [7, 11) is 0. The Hall–Kier alpha value is -2.08. The van der Waals surface area contributed by atoms with Crippen LogP contribution in [0, 0.1) is 20.8 Å². The first-order valence-corrected chi connectivity index (χ1v) is 10.1. The number of aryl methyl sites for hydroxylation is 3. The van der Waals surface area contributed by atoms with Crippen molar-refractivity contribution >= 4 is 12.0 Å². The Morgan fingerprint density at radius 2 is 1.82 bits per heavy atom. The SMILES string of the molecule is Cc1cc(C)c(CCNC(=O)CN2CCC(NC(=O)OC(C)(C)C)C2)c(C)c1. The Labute approximate surface area is 169 Å². The number of rotatable bonds is 6. The van der Waals surface area contributed by atoms with Crippen LogP contribution in [-0.4, -0.2) is 54.7 Å². The van der Waals surface area contributed by atoms with Gasteiger partial charge in [-0.15, -0.1) is 0 Å². The maximum Gasteiger partial charge on any atom is 0.407 e. The van der Waals surface area contributed by atoms with E-state index in [0.29, 0.717) is 19.6 Å². The lowest BCUT2D eigenvalue weighted by atomic mass is 9.97. The van der Waals surface area contributed by atoms with Gasteiger partial charge in [0.15, 0.2) is 0 Å². The van der Waals surface area contributed by atoms with E-state index < -0.39 is 11.7 Å². The minimum absolute atomic E-state index is 0.0281. The molecule has 1 aliphatic rings. The first kappa shape index (κ1) is 22.2. The second kappa shape index (κ2) is 9.41. The monoisotopic (exact) mass is 389 g/mol. The molecule has 6 nitrogen and oxygen atoms in total. The zero-order valence-electron chi connectivity index (χ0n) is 18.1. The second-order valence-corrected chi connectivity index (χ2v) is 8.84. The number of carbonyl (C=O) groups excluding carboxylic acids is 2. The number of nitrogens with zero attached hydrogens (tertiary/aromatic N) is 1. The fraction of sp³-hybridized carbons (Fsp3) is 0.636. The zero-order valence-corrected chi connectivity index (χ0v) is 18.1. The van der Waals surface area contributed by atoms with Crippen LogP contribution in [-0.2, 0) is 16.0 Å². The predicted octanol–water partition coefficient (Wildman–Crippen LogP) is 2.87. The van der Waals surface area contributed by atoms with Gasteiger partial charge in [0.05, 0.1) is 6.54 Å². The average molecular weight is 390 g/mol. The van der Waals surface area contributed by atoms with Gasteiger partial charge < -0.3 is 15.4 Å². The van der Waals surface area contributed by atoms with Crippen LogP contribution in [0.15, 0.2) is 12.1 Å². The summed E-state index contributed by atoms with van der Waals surface area (Å²) in [5.74, 6) is 0.0281. The van der Waals surface area contributed by atoms with E-state index in [4.69, 9.17) is 4.74 Å². The summed E-state index contributed by atoms with van der Waals surface area (Å²) in [6.07, 6.45) is 1.27. The first-order chi connectivity index (χ1) is 13.0. The zero-order chi connectivity index (χ0) is 20.9. The van der Waals surface area contributed by atoms with E-state index in [0.717, 1.165) is 19.4 Å². The van der Waals surface area contributed by atoms with Gasteiger partial charge in [0.25, 0.3) is 0 Å². The van der Waals surface area contributed by atoms with Gasteiger partial charge in [0.1, 0.15) is 5.60 Å². The quantitative estimate of drug-likeness (QED) is 0.785. The van der Waals surface area contributed by atoms with Gasteiger partial charge in [-0.1, -0.05) is 17.7 Å². The molecule has 1 fully saturated rings. The molecule has 0 bridgehead atoms. The molecule has 0 saturated carbocycles. The third kappa shape index (κ3) is 7.15. The molecule has 2 amide bonds. The Kier molecular flexibility index (Phi) is 7.47. The average Bonchev–Trinajstić information content (AvgIpc) is 2.94. The van der Waals surface area contributed by atoms with Crippen molar-refractivity contribution in [3.05, 3.63) is 34.4 Å². The standard InChI is InChI=1S/C22H35N3O3/c1-15-11-16(2)19(17(3)12-15)7-9-23-20(26)14-25-10-8-18(13-25)24-21(27)28-22(4,5)6/h11-12,18H,7-10,13-14H2,1-6H3,(H,23,26)(H,24,27). The highest BCUT2D eigenvalue weighted by atomic mass is 16.6. The molecule has 1 aromatic rings. The van der Waals surface area contributed by atoms with Gasteiger partial charge in [-0.3, -0.25) is 9.69 Å². The minimum atomic E-state index is -0.504. The summed E-state index contributed by atoms with van der Waals surface area (Å²) in [6, 6.07) is 4.40. The van der Waals surface area contributed by atoms with E-state index in [1.165, 1.54) is 22.3 Å². The Morgan fingerprint density at radius 3 is 2.43 bits per heavy atom. The largest absolute Gasteiger partial charge is 0.444 e. The van der Waals surface area contributed by atoms with Gasteiger partial charge >= 0.3 is 6.09 Å². The van der Waals surface area contributed by atoms with Crippen LogP contribution in [0.2, 0.25) is 0 Å². The summed E-state index contributed by atoms with van der Waals surface area (Å²) >= 11 is 0. The van der Waals surface area contributed by atoms with Crippen molar-refractivity contribution in [1.82, 2.24) is 15.5 Å². The van der Waals surface area contributed by atoms with Gasteiger partial charge in [0.2, 0.25) is 5.91 Å². The summed E-state index contributed by atoms with van der Waals surface area (Å²) in [5.41, 5.74) is 4.64. The minimum Gasteiger partial charge on any atom is -0.444 e. The van der Waals surface area contributed by atoms with Crippen molar-refractivity contribution < 1.29 is 14.3 Å². The van der Waals surface area contributed by atoms with E-state index in [-0.39, 0.29) is 11.9 Å². The normalized spacial score (nSPS) is 17.4. The Morgan fingerprint density at radius 1 is 1.18 bits per heavy atom. The molecule has 2 rings (SSSR count). The summed E-state index contributed by atoms with van der Waals surface area (Å²) in [5, 5.41) is 5.91. The number of alkyl carbamates (subject to hydrolysis) is 1. The summed E-state index contributed by atoms with van der Waals surface area (Å²) in [4.78, 5) is 26.2. The lowest BCUT2D eigenvalue weighted by Crippen LogP contribution is -2.42. The van der Waals surface area contributed by atoms with Crippen molar-refractivity contribution in [3.63, 3.8) is 0 Å². The van der Waals surface area contributed by atoms with Crippen molar-refractivity contribution in [3.8, 4) is 0 Å². The summed E-state index contributed by atoms with van der Waals surface area (Å²) in [6.45, 7) is 14.3. The van der Waals surface area contributed by atoms with E-state index in [1.54, 1.807) is 0 Å². The van der Waals surface area contributed by atoms with Crippen LogP contribution in [0.5, 0.6) is 0 Å². The van der Waals surface area contributed by atoms with Crippen LogP contribution < -0.4 is 10.6 Å². The highest BCUT2D eigenvalue weighted by molar-refractivity contribution is 5.78. The van der Waals surface area contributed by atoms with Crippen LogP contribution in [0.25, 0.3) is 0 Å². The van der Waals surface area contributed by atoms with Gasteiger partial charge in [-0.25, -0.2) is 4.79 Å². The fourth-order valence-corrected chi connectivity index (χ4v) is 3.76. The molecule has 1 saturated heterocycles. The number of amides is 2. The molecule has 0 spiro atoms. The Balaban J connectivity index is 1.71. The van der Waals surface area contributed by atoms with Gasteiger partial charge in [-0.05, 0) is 71.1 Å². The molecule has 1 atom stereocenters. The smallest absolute Gasteiger partial charge is 0.407 e. The van der Waals surface area contributed by atoms with Crippen LogP contribution in [0.4, 0.5) is 4.79 Å². The molecular weight excluding hydrogens is 354 g/mol. The Bertz CT molecular complexity index is 686. The third-order valence-electron chi connectivity index (χ3n) is 4.90. The molecule has 6 heteroatoms. The van der Waals surface area contributed by atoms with E-state index >= 15 is 0 Å². The van der Waals surface area contributed by atoms with Crippen LogP contribution >= 0.6 is 0 Å². The number of nitrogens with one attached hydrogen (secondary N) is 2. The van der Waals surface area contributed by atoms with E-state index in [9.17, 15) is 9.59 Å².